The van der Waals surface area contributed by atoms with E-state index < -0.39 is 15.8 Å². The Morgan fingerprint density at radius 2 is 1.87 bits per heavy atom. The summed E-state index contributed by atoms with van der Waals surface area (Å²) < 4.78 is 48.4. The van der Waals surface area contributed by atoms with Gasteiger partial charge in [-0.25, -0.2) is 17.2 Å². The van der Waals surface area contributed by atoms with Crippen LogP contribution in [-0.2, 0) is 22.7 Å². The molecule has 0 radical (unpaired) electrons. The van der Waals surface area contributed by atoms with E-state index in [2.05, 4.69) is 0 Å². The van der Waals surface area contributed by atoms with Gasteiger partial charge in [0.2, 0.25) is 9.84 Å². The zero-order chi connectivity index (χ0) is 11.1. The summed E-state index contributed by atoms with van der Waals surface area (Å²) in [4.78, 5) is -0.0427. The molecular formula is C10H10F2O2S. The molecule has 82 valence electrons. The van der Waals surface area contributed by atoms with Crippen molar-refractivity contribution in [2.45, 2.75) is 24.2 Å². The lowest BCUT2D eigenvalue weighted by atomic mass is 10.1. The Kier molecular flexibility index (Phi) is 2.50. The molecule has 0 amide bonds. The van der Waals surface area contributed by atoms with Gasteiger partial charge in [0.15, 0.2) is 6.01 Å². The van der Waals surface area contributed by atoms with Crippen molar-refractivity contribution >= 4 is 9.84 Å². The van der Waals surface area contributed by atoms with Gasteiger partial charge in [0, 0.05) is 0 Å². The first-order valence-electron chi connectivity index (χ1n) is 4.65. The molecule has 0 bridgehead atoms. The van der Waals surface area contributed by atoms with Crippen molar-refractivity contribution in [1.29, 1.82) is 0 Å². The number of alkyl halides is 1. The maximum atomic E-state index is 13.3. The van der Waals surface area contributed by atoms with E-state index in [9.17, 15) is 17.2 Å². The first kappa shape index (κ1) is 10.5. The van der Waals surface area contributed by atoms with Gasteiger partial charge in [-0.15, -0.1) is 0 Å². The second kappa shape index (κ2) is 3.56. The largest absolute Gasteiger partial charge is 0.233 e. The number of halogens is 2. The third-order valence-electron chi connectivity index (χ3n) is 2.66. The summed E-state index contributed by atoms with van der Waals surface area (Å²) in [6.07, 6.45) is 1.78. The normalized spacial score (nSPS) is 15.3. The van der Waals surface area contributed by atoms with Crippen molar-refractivity contribution in [3.05, 3.63) is 29.1 Å². The summed E-state index contributed by atoms with van der Waals surface area (Å²) in [7, 11) is -3.87. The first-order valence-corrected chi connectivity index (χ1v) is 6.30. The van der Waals surface area contributed by atoms with Gasteiger partial charge in [-0.2, -0.15) is 0 Å². The van der Waals surface area contributed by atoms with Crippen molar-refractivity contribution in [3.63, 3.8) is 0 Å². The highest BCUT2D eigenvalue weighted by molar-refractivity contribution is 7.91. The minimum Gasteiger partial charge on any atom is -0.233 e. The molecule has 0 aliphatic heterocycles. The zero-order valence-electron chi connectivity index (χ0n) is 7.96. The second-order valence-corrected chi connectivity index (χ2v) is 5.47. The highest BCUT2D eigenvalue weighted by atomic mass is 32.2. The minimum atomic E-state index is -3.87. The van der Waals surface area contributed by atoms with E-state index >= 15 is 0 Å². The van der Waals surface area contributed by atoms with E-state index in [1.165, 1.54) is 0 Å². The molecule has 0 saturated heterocycles. The van der Waals surface area contributed by atoms with Gasteiger partial charge < -0.3 is 0 Å². The smallest absolute Gasteiger partial charge is 0.207 e. The fraction of sp³-hybridized carbons (Fsp3) is 0.400. The Hall–Kier alpha value is -0.970. The highest BCUT2D eigenvalue weighted by Gasteiger charge is 2.25. The molecule has 1 aromatic carbocycles. The van der Waals surface area contributed by atoms with Crippen LogP contribution in [0.4, 0.5) is 8.78 Å². The van der Waals surface area contributed by atoms with E-state index in [1.54, 1.807) is 0 Å². The third kappa shape index (κ3) is 1.65. The van der Waals surface area contributed by atoms with Crippen molar-refractivity contribution < 1.29 is 17.2 Å². The first-order chi connectivity index (χ1) is 7.06. The van der Waals surface area contributed by atoms with Crippen LogP contribution in [0.5, 0.6) is 0 Å². The average Bonchev–Trinajstić information content (AvgIpc) is 2.67. The van der Waals surface area contributed by atoms with Crippen LogP contribution >= 0.6 is 0 Å². The lowest BCUT2D eigenvalue weighted by Gasteiger charge is -2.07. The lowest BCUT2D eigenvalue weighted by Crippen LogP contribution is -2.07. The third-order valence-corrected chi connectivity index (χ3v) is 4.00. The van der Waals surface area contributed by atoms with E-state index in [0.717, 1.165) is 18.6 Å². The molecule has 15 heavy (non-hydrogen) atoms. The van der Waals surface area contributed by atoms with Gasteiger partial charge in [-0.3, -0.25) is 0 Å². The van der Waals surface area contributed by atoms with Crippen LogP contribution < -0.4 is 0 Å². The molecule has 0 spiro atoms. The van der Waals surface area contributed by atoms with Gasteiger partial charge in [0.1, 0.15) is 5.82 Å². The van der Waals surface area contributed by atoms with E-state index in [4.69, 9.17) is 0 Å². The fourth-order valence-corrected chi connectivity index (χ4v) is 2.97. The predicted octanol–water partition coefficient (Wildman–Crippen LogP) is 2.02. The van der Waals surface area contributed by atoms with Crippen molar-refractivity contribution in [1.82, 2.24) is 0 Å². The number of fused-ring (bicyclic) bond motifs is 1. The molecule has 0 saturated carbocycles. The topological polar surface area (TPSA) is 34.1 Å². The number of sulfone groups is 1. The lowest BCUT2D eigenvalue weighted by molar-refractivity contribution is 0.533. The van der Waals surface area contributed by atoms with Gasteiger partial charge in [-0.1, -0.05) is 0 Å². The van der Waals surface area contributed by atoms with Crippen LogP contribution in [0.3, 0.4) is 0 Å². The number of hydrogen-bond donors (Lipinski definition) is 0. The summed E-state index contributed by atoms with van der Waals surface area (Å²) in [5, 5.41) is 0. The molecule has 0 aromatic heterocycles. The molecule has 0 unspecified atom stereocenters. The van der Waals surface area contributed by atoms with E-state index in [0.29, 0.717) is 24.0 Å². The fourth-order valence-electron chi connectivity index (χ4n) is 1.98. The van der Waals surface area contributed by atoms with Gasteiger partial charge >= 0.3 is 0 Å². The van der Waals surface area contributed by atoms with Crippen molar-refractivity contribution in [2.75, 3.05) is 6.01 Å². The molecule has 0 heterocycles. The van der Waals surface area contributed by atoms with Crippen LogP contribution in [0.2, 0.25) is 0 Å². The molecular weight excluding hydrogens is 222 g/mol. The number of rotatable bonds is 2. The maximum absolute atomic E-state index is 13.3. The van der Waals surface area contributed by atoms with Crippen molar-refractivity contribution in [3.8, 4) is 0 Å². The Bertz CT molecular complexity index is 494. The Morgan fingerprint density at radius 3 is 2.53 bits per heavy atom. The van der Waals surface area contributed by atoms with E-state index in [1.807, 2.05) is 0 Å². The Balaban J connectivity index is 2.66. The molecule has 1 aromatic rings. The molecule has 1 aliphatic carbocycles. The Morgan fingerprint density at radius 1 is 1.20 bits per heavy atom. The molecule has 2 nitrogen and oxygen atoms in total. The van der Waals surface area contributed by atoms with Gasteiger partial charge in [0.25, 0.3) is 0 Å². The predicted molar refractivity (Wildman–Crippen MR) is 51.6 cm³/mol. The summed E-state index contributed by atoms with van der Waals surface area (Å²) in [5.74, 6) is -0.389. The quantitative estimate of drug-likeness (QED) is 0.731. The number of benzene rings is 1. The van der Waals surface area contributed by atoms with Crippen LogP contribution in [0.15, 0.2) is 17.0 Å². The summed E-state index contributed by atoms with van der Waals surface area (Å²) in [6.45, 7) is 0. The average molecular weight is 232 g/mol. The van der Waals surface area contributed by atoms with Crippen LogP contribution in [0.25, 0.3) is 0 Å². The summed E-state index contributed by atoms with van der Waals surface area (Å²) in [6, 6.07) is 0.839. The zero-order valence-corrected chi connectivity index (χ0v) is 8.78. The molecule has 0 N–H and O–H groups in total. The van der Waals surface area contributed by atoms with Crippen LogP contribution in [0, 0.1) is 5.82 Å². The monoisotopic (exact) mass is 232 g/mol. The standard InChI is InChI=1S/C10H10F2O2S/c11-6-15(13,14)10-5-4-9(12)7-2-1-3-8(7)10/h4-5H,1-3,6H2. The highest BCUT2D eigenvalue weighted by Crippen LogP contribution is 2.30. The van der Waals surface area contributed by atoms with Gasteiger partial charge in [-0.05, 0) is 42.5 Å². The van der Waals surface area contributed by atoms with Crippen molar-refractivity contribution in [2.24, 2.45) is 0 Å². The molecule has 5 heteroatoms. The van der Waals surface area contributed by atoms with E-state index in [-0.39, 0.29) is 10.7 Å². The number of hydrogen-bond acceptors (Lipinski definition) is 2. The van der Waals surface area contributed by atoms with Gasteiger partial charge in [0.05, 0.1) is 4.90 Å². The Labute approximate surface area is 86.8 Å². The minimum absolute atomic E-state index is 0.0427. The summed E-state index contributed by atoms with van der Waals surface area (Å²) >= 11 is 0. The molecule has 0 atom stereocenters. The summed E-state index contributed by atoms with van der Waals surface area (Å²) in [5.41, 5.74) is 0.900. The SMILES string of the molecule is O=S(=O)(CF)c1ccc(F)c2c1CCC2. The van der Waals surface area contributed by atoms with Crippen LogP contribution in [-0.4, -0.2) is 14.4 Å². The van der Waals surface area contributed by atoms with Crippen LogP contribution in [0.1, 0.15) is 17.5 Å². The second-order valence-electron chi connectivity index (χ2n) is 3.58. The molecule has 0 fully saturated rings. The maximum Gasteiger partial charge on any atom is 0.207 e. The molecule has 2 rings (SSSR count). The molecule has 1 aliphatic rings.